The molecule has 0 spiro atoms. The number of hydrazone groups is 1. The number of hydrogen-bond acceptors (Lipinski definition) is 4. The van der Waals surface area contributed by atoms with Crippen molar-refractivity contribution in [1.29, 1.82) is 0 Å². The fraction of sp³-hybridized carbons (Fsp3) is 0.174. The third-order valence-corrected chi connectivity index (χ3v) is 5.22. The summed E-state index contributed by atoms with van der Waals surface area (Å²) in [6.07, 6.45) is 1.86. The number of rotatable bonds is 6. The van der Waals surface area contributed by atoms with E-state index in [1.807, 2.05) is 60.9 Å². The van der Waals surface area contributed by atoms with Gasteiger partial charge in [0.25, 0.3) is 0 Å². The average molecular weight is 468 g/mol. The summed E-state index contributed by atoms with van der Waals surface area (Å²) in [4.78, 5) is 24.3. The molecule has 0 unspecified atom stereocenters. The lowest BCUT2D eigenvalue weighted by Gasteiger charge is -2.13. The third-order valence-electron chi connectivity index (χ3n) is 4.69. The molecule has 154 valence electrons. The first kappa shape index (κ1) is 21.5. The minimum Gasteiger partial charge on any atom is -0.465 e. The van der Waals surface area contributed by atoms with Crippen molar-refractivity contribution in [2.24, 2.45) is 5.10 Å². The predicted octanol–water partition coefficient (Wildman–Crippen LogP) is 4.34. The standard InChI is InChI=1S/C23H22BrN3O3/c1-15-12-18(14-25-26-22(28)13-17-8-10-19(24)11-9-17)16(2)27(15)21-7-5-4-6-20(21)23(29)30-3/h4-12,14H,13H2,1-3H3,(H,26,28)/b25-14+. The van der Waals surface area contributed by atoms with Crippen LogP contribution in [0.1, 0.15) is 32.9 Å². The van der Waals surface area contributed by atoms with E-state index in [1.165, 1.54) is 7.11 Å². The Bertz CT molecular complexity index is 1100. The molecule has 30 heavy (non-hydrogen) atoms. The van der Waals surface area contributed by atoms with Crippen molar-refractivity contribution < 1.29 is 14.3 Å². The summed E-state index contributed by atoms with van der Waals surface area (Å²) >= 11 is 3.38. The first-order valence-corrected chi connectivity index (χ1v) is 10.1. The lowest BCUT2D eigenvalue weighted by molar-refractivity contribution is -0.120. The highest BCUT2D eigenvalue weighted by molar-refractivity contribution is 9.10. The van der Waals surface area contributed by atoms with Crippen molar-refractivity contribution in [3.63, 3.8) is 0 Å². The van der Waals surface area contributed by atoms with Gasteiger partial charge in [0.05, 0.1) is 31.0 Å². The number of methoxy groups -OCH3 is 1. The second kappa shape index (κ2) is 9.54. The van der Waals surface area contributed by atoms with E-state index in [1.54, 1.807) is 18.3 Å². The Morgan fingerprint density at radius 2 is 1.83 bits per heavy atom. The van der Waals surface area contributed by atoms with Crippen LogP contribution < -0.4 is 5.43 Å². The molecule has 3 aromatic rings. The largest absolute Gasteiger partial charge is 0.465 e. The van der Waals surface area contributed by atoms with Crippen LogP contribution in [-0.4, -0.2) is 29.8 Å². The number of hydrogen-bond donors (Lipinski definition) is 1. The Balaban J connectivity index is 1.77. The fourth-order valence-electron chi connectivity index (χ4n) is 3.24. The molecule has 1 aromatic heterocycles. The van der Waals surface area contributed by atoms with Crippen LogP contribution in [0, 0.1) is 13.8 Å². The number of aryl methyl sites for hydroxylation is 1. The van der Waals surface area contributed by atoms with Crippen molar-refractivity contribution in [3.8, 4) is 5.69 Å². The minimum atomic E-state index is -0.395. The van der Waals surface area contributed by atoms with Crippen LogP contribution in [0.15, 0.2) is 64.2 Å². The second-order valence-electron chi connectivity index (χ2n) is 6.77. The van der Waals surface area contributed by atoms with E-state index in [0.29, 0.717) is 5.56 Å². The zero-order valence-corrected chi connectivity index (χ0v) is 18.6. The SMILES string of the molecule is COC(=O)c1ccccc1-n1c(C)cc(/C=N/NC(=O)Cc2ccc(Br)cc2)c1C. The predicted molar refractivity (Wildman–Crippen MR) is 120 cm³/mol. The van der Waals surface area contributed by atoms with Crippen LogP contribution in [0.2, 0.25) is 0 Å². The van der Waals surface area contributed by atoms with Gasteiger partial charge in [0.2, 0.25) is 5.91 Å². The first-order valence-electron chi connectivity index (χ1n) is 9.33. The molecule has 0 aliphatic rings. The van der Waals surface area contributed by atoms with E-state index in [2.05, 4.69) is 26.5 Å². The van der Waals surface area contributed by atoms with Crippen LogP contribution in [0.4, 0.5) is 0 Å². The highest BCUT2D eigenvalue weighted by atomic mass is 79.9. The molecule has 7 heteroatoms. The number of ether oxygens (including phenoxy) is 1. The molecule has 0 atom stereocenters. The normalized spacial score (nSPS) is 10.9. The van der Waals surface area contributed by atoms with Gasteiger partial charge in [-0.2, -0.15) is 5.10 Å². The Labute approximate surface area is 183 Å². The van der Waals surface area contributed by atoms with E-state index < -0.39 is 5.97 Å². The van der Waals surface area contributed by atoms with E-state index in [9.17, 15) is 9.59 Å². The molecule has 1 heterocycles. The molecule has 0 bridgehead atoms. The number of benzene rings is 2. The summed E-state index contributed by atoms with van der Waals surface area (Å²) in [7, 11) is 1.36. The molecule has 3 rings (SSSR count). The number of halogens is 1. The van der Waals surface area contributed by atoms with E-state index in [4.69, 9.17) is 4.74 Å². The molecular weight excluding hydrogens is 446 g/mol. The second-order valence-corrected chi connectivity index (χ2v) is 7.68. The molecule has 1 amide bonds. The van der Waals surface area contributed by atoms with Gasteiger partial charge in [-0.15, -0.1) is 0 Å². The molecule has 0 fully saturated rings. The van der Waals surface area contributed by atoms with Crippen LogP contribution >= 0.6 is 15.9 Å². The highest BCUT2D eigenvalue weighted by Crippen LogP contribution is 2.23. The van der Waals surface area contributed by atoms with Crippen LogP contribution in [0.5, 0.6) is 0 Å². The summed E-state index contributed by atoms with van der Waals surface area (Å²) < 4.78 is 7.84. The molecule has 0 radical (unpaired) electrons. The number of esters is 1. The maximum absolute atomic E-state index is 12.1. The van der Waals surface area contributed by atoms with Gasteiger partial charge >= 0.3 is 5.97 Å². The quantitative estimate of drug-likeness (QED) is 0.333. The van der Waals surface area contributed by atoms with Gasteiger partial charge in [0.1, 0.15) is 0 Å². The average Bonchev–Trinajstić information content (AvgIpc) is 3.02. The molecule has 0 aliphatic carbocycles. The molecular formula is C23H22BrN3O3. The fourth-order valence-corrected chi connectivity index (χ4v) is 3.51. The van der Waals surface area contributed by atoms with E-state index in [-0.39, 0.29) is 12.3 Å². The smallest absolute Gasteiger partial charge is 0.339 e. The lowest BCUT2D eigenvalue weighted by atomic mass is 10.1. The molecule has 1 N–H and O–H groups in total. The number of amides is 1. The molecule has 0 aliphatic heterocycles. The minimum absolute atomic E-state index is 0.196. The van der Waals surface area contributed by atoms with Crippen molar-refractivity contribution >= 4 is 34.0 Å². The van der Waals surface area contributed by atoms with Gasteiger partial charge in [0, 0.05) is 21.4 Å². The van der Waals surface area contributed by atoms with Crippen molar-refractivity contribution in [1.82, 2.24) is 9.99 Å². The lowest BCUT2D eigenvalue weighted by Crippen LogP contribution is -2.19. The molecule has 2 aromatic carbocycles. The maximum atomic E-state index is 12.1. The Morgan fingerprint density at radius 3 is 2.53 bits per heavy atom. The van der Waals surface area contributed by atoms with Crippen molar-refractivity contribution in [3.05, 3.63) is 87.1 Å². The summed E-state index contributed by atoms with van der Waals surface area (Å²) in [5.41, 5.74) is 7.36. The summed E-state index contributed by atoms with van der Waals surface area (Å²) in [5.74, 6) is -0.591. The summed E-state index contributed by atoms with van der Waals surface area (Å²) in [6, 6.07) is 16.8. The zero-order valence-electron chi connectivity index (χ0n) is 17.0. The van der Waals surface area contributed by atoms with Crippen LogP contribution in [0.25, 0.3) is 5.69 Å². The van der Waals surface area contributed by atoms with Gasteiger partial charge < -0.3 is 9.30 Å². The zero-order chi connectivity index (χ0) is 21.7. The first-order chi connectivity index (χ1) is 14.4. The van der Waals surface area contributed by atoms with E-state index in [0.717, 1.165) is 32.7 Å². The van der Waals surface area contributed by atoms with Crippen LogP contribution in [-0.2, 0) is 16.0 Å². The van der Waals surface area contributed by atoms with Gasteiger partial charge in [-0.25, -0.2) is 10.2 Å². The Kier molecular flexibility index (Phi) is 6.84. The number of nitrogens with zero attached hydrogens (tertiary/aromatic N) is 2. The van der Waals surface area contributed by atoms with Crippen molar-refractivity contribution in [2.75, 3.05) is 7.11 Å². The Morgan fingerprint density at radius 1 is 1.13 bits per heavy atom. The highest BCUT2D eigenvalue weighted by Gasteiger charge is 2.17. The van der Waals surface area contributed by atoms with Crippen LogP contribution in [0.3, 0.4) is 0 Å². The Hall–Kier alpha value is -3.19. The van der Waals surface area contributed by atoms with Gasteiger partial charge in [-0.05, 0) is 49.7 Å². The number of nitrogens with one attached hydrogen (secondary N) is 1. The molecule has 6 nitrogen and oxygen atoms in total. The van der Waals surface area contributed by atoms with Gasteiger partial charge in [0.15, 0.2) is 0 Å². The number of carbonyl (C=O) groups excluding carboxylic acids is 2. The number of carbonyl (C=O) groups is 2. The van der Waals surface area contributed by atoms with E-state index >= 15 is 0 Å². The van der Waals surface area contributed by atoms with Crippen molar-refractivity contribution in [2.45, 2.75) is 20.3 Å². The molecule has 0 saturated heterocycles. The summed E-state index contributed by atoms with van der Waals surface area (Å²) in [5, 5.41) is 4.10. The maximum Gasteiger partial charge on any atom is 0.339 e. The topological polar surface area (TPSA) is 72.7 Å². The van der Waals surface area contributed by atoms with Gasteiger partial charge in [-0.1, -0.05) is 40.2 Å². The number of aromatic nitrogens is 1. The monoisotopic (exact) mass is 467 g/mol. The van der Waals surface area contributed by atoms with Gasteiger partial charge in [-0.3, -0.25) is 4.79 Å². The summed E-state index contributed by atoms with van der Waals surface area (Å²) in [6.45, 7) is 3.89. The molecule has 0 saturated carbocycles. The third kappa shape index (κ3) is 4.86. The number of para-hydroxylation sites is 1.